The van der Waals surface area contributed by atoms with Crippen LogP contribution in [0.15, 0.2) is 42.5 Å². The molecule has 0 spiro atoms. The minimum atomic E-state index is 0. The molecule has 0 fully saturated rings. The highest BCUT2D eigenvalue weighted by atomic mass is 35.5. The van der Waals surface area contributed by atoms with Crippen LogP contribution in [0.1, 0.15) is 34.3 Å². The number of methoxy groups -OCH3 is 1. The average Bonchev–Trinajstić information content (AvgIpc) is 2.47. The number of rotatable bonds is 1. The molecule has 0 aliphatic carbocycles. The number of hydrogen-bond acceptors (Lipinski definition) is 2. The van der Waals surface area contributed by atoms with Gasteiger partial charge in [0.15, 0.2) is 0 Å². The van der Waals surface area contributed by atoms with Crippen LogP contribution in [0.4, 0.5) is 0 Å². The molecule has 4 rings (SSSR count). The Morgan fingerprint density at radius 2 is 1.65 bits per heavy atom. The molecule has 2 bridgehead atoms. The van der Waals surface area contributed by atoms with Crippen LogP contribution < -0.4 is 10.1 Å². The SMILES string of the molecule is COc1ccc2c(c1)CC1NC2Cc2ccccc21.Cl. The van der Waals surface area contributed by atoms with E-state index in [1.807, 2.05) is 0 Å². The number of fused-ring (bicyclic) bond motifs is 6. The van der Waals surface area contributed by atoms with Crippen molar-refractivity contribution in [1.82, 2.24) is 5.32 Å². The summed E-state index contributed by atoms with van der Waals surface area (Å²) in [4.78, 5) is 0. The maximum atomic E-state index is 5.35. The Balaban J connectivity index is 0.00000121. The Bertz CT molecular complexity index is 641. The van der Waals surface area contributed by atoms with Crippen LogP contribution in [0.2, 0.25) is 0 Å². The minimum Gasteiger partial charge on any atom is -0.497 e. The third-order valence-electron chi connectivity index (χ3n) is 4.41. The van der Waals surface area contributed by atoms with E-state index in [1.165, 1.54) is 22.3 Å². The molecule has 1 N–H and O–H groups in total. The molecule has 104 valence electrons. The Morgan fingerprint density at radius 3 is 2.45 bits per heavy atom. The first-order valence-electron chi connectivity index (χ1n) is 6.86. The lowest BCUT2D eigenvalue weighted by Crippen LogP contribution is -2.38. The van der Waals surface area contributed by atoms with Gasteiger partial charge in [-0.2, -0.15) is 0 Å². The first-order valence-corrected chi connectivity index (χ1v) is 6.86. The second-order valence-corrected chi connectivity index (χ2v) is 5.44. The molecule has 2 heterocycles. The van der Waals surface area contributed by atoms with E-state index < -0.39 is 0 Å². The van der Waals surface area contributed by atoms with Gasteiger partial charge in [-0.25, -0.2) is 0 Å². The smallest absolute Gasteiger partial charge is 0.119 e. The van der Waals surface area contributed by atoms with Gasteiger partial charge in [0.2, 0.25) is 0 Å². The molecular formula is C17H18ClNO. The van der Waals surface area contributed by atoms with Gasteiger partial charge in [0, 0.05) is 12.1 Å². The van der Waals surface area contributed by atoms with Crippen LogP contribution in [-0.2, 0) is 12.8 Å². The predicted octanol–water partition coefficient (Wildman–Crippen LogP) is 3.60. The van der Waals surface area contributed by atoms with E-state index in [4.69, 9.17) is 4.74 Å². The number of nitrogens with one attached hydrogen (secondary N) is 1. The molecule has 0 radical (unpaired) electrons. The monoisotopic (exact) mass is 287 g/mol. The highest BCUT2D eigenvalue weighted by Crippen LogP contribution is 2.40. The molecule has 2 nitrogen and oxygen atoms in total. The van der Waals surface area contributed by atoms with E-state index in [0.29, 0.717) is 12.1 Å². The third kappa shape index (κ3) is 2.00. The molecule has 2 aliphatic rings. The highest BCUT2D eigenvalue weighted by Gasteiger charge is 2.32. The summed E-state index contributed by atoms with van der Waals surface area (Å²) in [6.45, 7) is 0. The van der Waals surface area contributed by atoms with E-state index in [0.717, 1.165) is 18.6 Å². The zero-order valence-corrected chi connectivity index (χ0v) is 12.2. The van der Waals surface area contributed by atoms with Crippen LogP contribution in [0.25, 0.3) is 0 Å². The Labute approximate surface area is 125 Å². The zero-order chi connectivity index (χ0) is 12.8. The topological polar surface area (TPSA) is 21.3 Å². The Hall–Kier alpha value is -1.51. The molecular weight excluding hydrogens is 270 g/mol. The molecule has 0 saturated heterocycles. The number of hydrogen-bond donors (Lipinski definition) is 1. The van der Waals surface area contributed by atoms with Gasteiger partial charge < -0.3 is 10.1 Å². The molecule has 20 heavy (non-hydrogen) atoms. The fourth-order valence-electron chi connectivity index (χ4n) is 3.49. The van der Waals surface area contributed by atoms with Gasteiger partial charge >= 0.3 is 0 Å². The summed E-state index contributed by atoms with van der Waals surface area (Å²) in [5, 5.41) is 3.76. The fourth-order valence-corrected chi connectivity index (χ4v) is 3.49. The number of benzene rings is 2. The minimum absolute atomic E-state index is 0. The van der Waals surface area contributed by atoms with E-state index in [-0.39, 0.29) is 12.4 Å². The van der Waals surface area contributed by atoms with Crippen molar-refractivity contribution in [3.05, 3.63) is 64.7 Å². The summed E-state index contributed by atoms with van der Waals surface area (Å²) in [6.07, 6.45) is 2.14. The summed E-state index contributed by atoms with van der Waals surface area (Å²) in [6, 6.07) is 16.2. The molecule has 0 amide bonds. The van der Waals surface area contributed by atoms with Crippen molar-refractivity contribution in [2.45, 2.75) is 24.9 Å². The number of halogens is 1. The van der Waals surface area contributed by atoms with Gasteiger partial charge in [0.1, 0.15) is 5.75 Å². The van der Waals surface area contributed by atoms with Gasteiger partial charge in [-0.15, -0.1) is 12.4 Å². The maximum absolute atomic E-state index is 5.35. The molecule has 3 heteroatoms. The zero-order valence-electron chi connectivity index (χ0n) is 11.4. The molecule has 2 aromatic rings. The lowest BCUT2D eigenvalue weighted by Gasteiger charge is -2.39. The lowest BCUT2D eigenvalue weighted by atomic mass is 9.78. The van der Waals surface area contributed by atoms with Gasteiger partial charge in [-0.1, -0.05) is 30.3 Å². The second-order valence-electron chi connectivity index (χ2n) is 5.44. The summed E-state index contributed by atoms with van der Waals surface area (Å²) < 4.78 is 5.35. The highest BCUT2D eigenvalue weighted by molar-refractivity contribution is 5.85. The Morgan fingerprint density at radius 1 is 0.950 bits per heavy atom. The van der Waals surface area contributed by atoms with Crippen molar-refractivity contribution < 1.29 is 4.74 Å². The van der Waals surface area contributed by atoms with Crippen molar-refractivity contribution in [3.63, 3.8) is 0 Å². The van der Waals surface area contributed by atoms with E-state index >= 15 is 0 Å². The third-order valence-corrected chi connectivity index (χ3v) is 4.41. The van der Waals surface area contributed by atoms with Crippen molar-refractivity contribution in [1.29, 1.82) is 0 Å². The second kappa shape index (κ2) is 5.12. The molecule has 2 atom stereocenters. The molecule has 2 unspecified atom stereocenters. The van der Waals surface area contributed by atoms with Crippen LogP contribution in [0.5, 0.6) is 5.75 Å². The predicted molar refractivity (Wildman–Crippen MR) is 82.7 cm³/mol. The molecule has 2 aromatic carbocycles. The maximum Gasteiger partial charge on any atom is 0.119 e. The van der Waals surface area contributed by atoms with Crippen LogP contribution >= 0.6 is 12.4 Å². The van der Waals surface area contributed by atoms with Gasteiger partial charge in [0.25, 0.3) is 0 Å². The quantitative estimate of drug-likeness (QED) is 0.865. The largest absolute Gasteiger partial charge is 0.497 e. The van der Waals surface area contributed by atoms with Crippen molar-refractivity contribution in [2.24, 2.45) is 0 Å². The summed E-state index contributed by atoms with van der Waals surface area (Å²) >= 11 is 0. The van der Waals surface area contributed by atoms with Crippen molar-refractivity contribution in [3.8, 4) is 5.75 Å². The Kier molecular flexibility index (Phi) is 3.45. The van der Waals surface area contributed by atoms with Crippen molar-refractivity contribution >= 4 is 12.4 Å². The standard InChI is InChI=1S/C17H17NO.ClH/c1-19-13-6-7-15-12(8-13)10-17-14-5-3-2-4-11(14)9-16(15)18-17;/h2-8,16-18H,9-10H2,1H3;1H. The number of ether oxygens (including phenoxy) is 1. The van der Waals surface area contributed by atoms with E-state index in [1.54, 1.807) is 7.11 Å². The first-order chi connectivity index (χ1) is 9.35. The van der Waals surface area contributed by atoms with Crippen LogP contribution in [0.3, 0.4) is 0 Å². The summed E-state index contributed by atoms with van der Waals surface area (Å²) in [5.41, 5.74) is 5.83. The van der Waals surface area contributed by atoms with Gasteiger partial charge in [-0.3, -0.25) is 0 Å². The first kappa shape index (κ1) is 13.5. The lowest BCUT2D eigenvalue weighted by molar-refractivity contribution is 0.376. The average molecular weight is 288 g/mol. The molecule has 0 aromatic heterocycles. The summed E-state index contributed by atoms with van der Waals surface area (Å²) in [7, 11) is 1.74. The fraction of sp³-hybridized carbons (Fsp3) is 0.294. The van der Waals surface area contributed by atoms with Crippen LogP contribution in [-0.4, -0.2) is 7.11 Å². The normalized spacial score (nSPS) is 22.2. The van der Waals surface area contributed by atoms with Crippen molar-refractivity contribution in [2.75, 3.05) is 7.11 Å². The molecule has 0 saturated carbocycles. The van der Waals surface area contributed by atoms with Gasteiger partial charge in [-0.05, 0) is 47.2 Å². The van der Waals surface area contributed by atoms with Crippen LogP contribution in [0, 0.1) is 0 Å². The molecule has 2 aliphatic heterocycles. The van der Waals surface area contributed by atoms with E-state index in [2.05, 4.69) is 47.8 Å². The van der Waals surface area contributed by atoms with Gasteiger partial charge in [0.05, 0.1) is 7.11 Å². The summed E-state index contributed by atoms with van der Waals surface area (Å²) in [5.74, 6) is 0.965. The van der Waals surface area contributed by atoms with E-state index in [9.17, 15) is 0 Å².